The molecule has 1 aromatic rings. The molecule has 1 unspecified atom stereocenters. The van der Waals surface area contributed by atoms with Crippen LogP contribution in [0.25, 0.3) is 0 Å². The number of sulfonamides is 1. The van der Waals surface area contributed by atoms with Gasteiger partial charge in [-0.15, -0.1) is 12.4 Å². The third-order valence-corrected chi connectivity index (χ3v) is 5.28. The molecule has 1 heterocycles. The first-order valence-electron chi connectivity index (χ1n) is 7.55. The standard InChI is InChI=1S/C15H23N3O3S.ClH/c1-2-9-22(20,21)17-14-5-3-13(4-6-14)15(19)18-8-7-12(10-16)11-18;/h3-6,12,17H,2,7-11,16H2,1H3;1H. The SMILES string of the molecule is CCCS(=O)(=O)Nc1ccc(C(=O)N2CCC(CN)C2)cc1.Cl. The Bertz CT molecular complexity index is 619. The van der Waals surface area contributed by atoms with E-state index in [2.05, 4.69) is 4.72 Å². The number of carbonyl (C=O) groups is 1. The molecule has 8 heteroatoms. The van der Waals surface area contributed by atoms with Crippen LogP contribution in [0.1, 0.15) is 30.1 Å². The minimum atomic E-state index is -3.30. The molecule has 1 aliphatic heterocycles. The zero-order valence-electron chi connectivity index (χ0n) is 13.2. The van der Waals surface area contributed by atoms with Crippen LogP contribution in [0.15, 0.2) is 24.3 Å². The van der Waals surface area contributed by atoms with Crippen LogP contribution in [0, 0.1) is 5.92 Å². The number of anilines is 1. The quantitative estimate of drug-likeness (QED) is 0.806. The lowest BCUT2D eigenvalue weighted by atomic mass is 10.1. The average Bonchev–Trinajstić information content (AvgIpc) is 2.95. The van der Waals surface area contributed by atoms with Gasteiger partial charge in [0.05, 0.1) is 5.75 Å². The predicted molar refractivity (Wildman–Crippen MR) is 94.5 cm³/mol. The Labute approximate surface area is 143 Å². The van der Waals surface area contributed by atoms with Crippen molar-refractivity contribution in [3.63, 3.8) is 0 Å². The fourth-order valence-electron chi connectivity index (χ4n) is 2.57. The van der Waals surface area contributed by atoms with Gasteiger partial charge in [0.25, 0.3) is 5.91 Å². The van der Waals surface area contributed by atoms with Gasteiger partial charge in [-0.05, 0) is 49.6 Å². The van der Waals surface area contributed by atoms with Gasteiger partial charge in [-0.3, -0.25) is 9.52 Å². The van der Waals surface area contributed by atoms with Crippen LogP contribution in [-0.2, 0) is 10.0 Å². The van der Waals surface area contributed by atoms with Crippen molar-refractivity contribution in [2.45, 2.75) is 19.8 Å². The molecule has 23 heavy (non-hydrogen) atoms. The van der Waals surface area contributed by atoms with Crippen LogP contribution in [-0.4, -0.2) is 44.6 Å². The molecule has 0 saturated carbocycles. The summed E-state index contributed by atoms with van der Waals surface area (Å²) in [6.07, 6.45) is 1.50. The van der Waals surface area contributed by atoms with Gasteiger partial charge in [0.15, 0.2) is 0 Å². The van der Waals surface area contributed by atoms with Crippen molar-refractivity contribution >= 4 is 34.0 Å². The van der Waals surface area contributed by atoms with E-state index in [4.69, 9.17) is 5.73 Å². The summed E-state index contributed by atoms with van der Waals surface area (Å²) in [5, 5.41) is 0. The van der Waals surface area contributed by atoms with Crippen molar-refractivity contribution in [3.8, 4) is 0 Å². The molecular formula is C15H24ClN3O3S. The zero-order valence-corrected chi connectivity index (χ0v) is 14.8. The van der Waals surface area contributed by atoms with Gasteiger partial charge in [-0.2, -0.15) is 0 Å². The molecule has 1 saturated heterocycles. The van der Waals surface area contributed by atoms with Crippen LogP contribution in [0.4, 0.5) is 5.69 Å². The van der Waals surface area contributed by atoms with E-state index in [0.717, 1.165) is 13.0 Å². The Morgan fingerprint density at radius 2 is 2.00 bits per heavy atom. The summed E-state index contributed by atoms with van der Waals surface area (Å²) in [4.78, 5) is 14.2. The molecule has 0 aliphatic carbocycles. The molecule has 1 fully saturated rings. The van der Waals surface area contributed by atoms with E-state index in [1.54, 1.807) is 29.2 Å². The first-order valence-corrected chi connectivity index (χ1v) is 9.20. The highest BCUT2D eigenvalue weighted by Gasteiger charge is 2.25. The third kappa shape index (κ3) is 5.37. The lowest BCUT2D eigenvalue weighted by molar-refractivity contribution is 0.0787. The van der Waals surface area contributed by atoms with Gasteiger partial charge in [0, 0.05) is 24.3 Å². The Hall–Kier alpha value is -1.31. The number of halogens is 1. The Balaban J connectivity index is 0.00000264. The van der Waals surface area contributed by atoms with Crippen LogP contribution in [0.3, 0.4) is 0 Å². The Kier molecular flexibility index (Phi) is 7.31. The highest BCUT2D eigenvalue weighted by Crippen LogP contribution is 2.19. The normalized spacial score (nSPS) is 17.7. The monoisotopic (exact) mass is 361 g/mol. The molecule has 1 amide bonds. The fourth-order valence-corrected chi connectivity index (χ4v) is 3.71. The maximum Gasteiger partial charge on any atom is 0.253 e. The summed E-state index contributed by atoms with van der Waals surface area (Å²) >= 11 is 0. The minimum Gasteiger partial charge on any atom is -0.338 e. The van der Waals surface area contributed by atoms with Gasteiger partial charge in [-0.1, -0.05) is 6.92 Å². The first-order chi connectivity index (χ1) is 10.4. The number of benzene rings is 1. The molecule has 2 rings (SSSR count). The molecule has 0 bridgehead atoms. The van der Waals surface area contributed by atoms with Gasteiger partial charge < -0.3 is 10.6 Å². The van der Waals surface area contributed by atoms with Crippen LogP contribution < -0.4 is 10.5 Å². The maximum absolute atomic E-state index is 12.4. The molecule has 0 spiro atoms. The average molecular weight is 362 g/mol. The molecular weight excluding hydrogens is 338 g/mol. The van der Waals surface area contributed by atoms with Crippen molar-refractivity contribution in [2.75, 3.05) is 30.1 Å². The maximum atomic E-state index is 12.4. The number of nitrogens with one attached hydrogen (secondary N) is 1. The summed E-state index contributed by atoms with van der Waals surface area (Å²) in [5.74, 6) is 0.435. The molecule has 0 aromatic heterocycles. The lowest BCUT2D eigenvalue weighted by Crippen LogP contribution is -2.29. The van der Waals surface area contributed by atoms with E-state index in [1.807, 2.05) is 6.92 Å². The van der Waals surface area contributed by atoms with Crippen molar-refractivity contribution in [3.05, 3.63) is 29.8 Å². The number of likely N-dealkylation sites (tertiary alicyclic amines) is 1. The smallest absolute Gasteiger partial charge is 0.253 e. The van der Waals surface area contributed by atoms with E-state index in [0.29, 0.717) is 36.7 Å². The van der Waals surface area contributed by atoms with Crippen LogP contribution in [0.2, 0.25) is 0 Å². The highest BCUT2D eigenvalue weighted by atomic mass is 35.5. The largest absolute Gasteiger partial charge is 0.338 e. The molecule has 0 radical (unpaired) electrons. The van der Waals surface area contributed by atoms with E-state index in [1.165, 1.54) is 0 Å². The second-order valence-electron chi connectivity index (χ2n) is 5.64. The lowest BCUT2D eigenvalue weighted by Gasteiger charge is -2.16. The summed E-state index contributed by atoms with van der Waals surface area (Å²) in [6, 6.07) is 6.55. The predicted octanol–water partition coefficient (Wildman–Crippen LogP) is 1.68. The van der Waals surface area contributed by atoms with Crippen LogP contribution >= 0.6 is 12.4 Å². The van der Waals surface area contributed by atoms with Gasteiger partial charge >= 0.3 is 0 Å². The van der Waals surface area contributed by atoms with E-state index in [9.17, 15) is 13.2 Å². The number of hydrogen-bond acceptors (Lipinski definition) is 4. The third-order valence-electron chi connectivity index (χ3n) is 3.78. The summed E-state index contributed by atoms with van der Waals surface area (Å²) < 4.78 is 25.9. The highest BCUT2D eigenvalue weighted by molar-refractivity contribution is 7.92. The summed E-state index contributed by atoms with van der Waals surface area (Å²) in [7, 11) is -3.30. The molecule has 1 atom stereocenters. The minimum absolute atomic E-state index is 0. The van der Waals surface area contributed by atoms with Gasteiger partial charge in [-0.25, -0.2) is 8.42 Å². The number of carbonyl (C=O) groups excluding carboxylic acids is 1. The zero-order chi connectivity index (χ0) is 16.2. The Morgan fingerprint density at radius 3 is 2.52 bits per heavy atom. The van der Waals surface area contributed by atoms with E-state index in [-0.39, 0.29) is 24.1 Å². The molecule has 6 nitrogen and oxygen atoms in total. The fraction of sp³-hybridized carbons (Fsp3) is 0.533. The summed E-state index contributed by atoms with van der Waals surface area (Å²) in [6.45, 7) is 3.83. The molecule has 1 aliphatic rings. The van der Waals surface area contributed by atoms with Gasteiger partial charge in [0.1, 0.15) is 0 Å². The second-order valence-corrected chi connectivity index (χ2v) is 7.48. The van der Waals surface area contributed by atoms with Crippen molar-refractivity contribution in [1.29, 1.82) is 0 Å². The first kappa shape index (κ1) is 19.7. The Morgan fingerprint density at radius 1 is 1.35 bits per heavy atom. The van der Waals surface area contributed by atoms with Crippen molar-refractivity contribution in [2.24, 2.45) is 11.7 Å². The molecule has 3 N–H and O–H groups in total. The van der Waals surface area contributed by atoms with Crippen LogP contribution in [0.5, 0.6) is 0 Å². The number of amides is 1. The second kappa shape index (κ2) is 8.52. The van der Waals surface area contributed by atoms with E-state index >= 15 is 0 Å². The number of rotatable bonds is 6. The van der Waals surface area contributed by atoms with E-state index < -0.39 is 10.0 Å². The van der Waals surface area contributed by atoms with Gasteiger partial charge in [0.2, 0.25) is 10.0 Å². The molecule has 1 aromatic carbocycles. The number of nitrogens with zero attached hydrogens (tertiary/aromatic N) is 1. The van der Waals surface area contributed by atoms with Crippen molar-refractivity contribution < 1.29 is 13.2 Å². The number of nitrogens with two attached hydrogens (primary N) is 1. The summed E-state index contributed by atoms with van der Waals surface area (Å²) in [5.41, 5.74) is 6.68. The molecule has 130 valence electrons. The number of hydrogen-bond donors (Lipinski definition) is 2. The van der Waals surface area contributed by atoms with Crippen molar-refractivity contribution in [1.82, 2.24) is 4.90 Å². The topological polar surface area (TPSA) is 92.5 Å².